The lowest BCUT2D eigenvalue weighted by molar-refractivity contribution is -0.116. The molecule has 2 heterocycles. The first-order chi connectivity index (χ1) is 15.2. The van der Waals surface area contributed by atoms with Crippen molar-refractivity contribution in [2.75, 3.05) is 5.32 Å². The summed E-state index contributed by atoms with van der Waals surface area (Å²) in [5, 5.41) is 6.56. The number of nitrogens with one attached hydrogen (secondary N) is 1. The molecule has 1 aromatic heterocycles. The lowest BCUT2D eigenvalue weighted by Gasteiger charge is -2.33. The summed E-state index contributed by atoms with van der Waals surface area (Å²) in [6.45, 7) is 0. The Bertz CT molecular complexity index is 1360. The van der Waals surface area contributed by atoms with Gasteiger partial charge in [0, 0.05) is 34.0 Å². The van der Waals surface area contributed by atoms with Crippen molar-refractivity contribution >= 4 is 33.8 Å². The van der Waals surface area contributed by atoms with E-state index in [-0.39, 0.29) is 11.7 Å². The number of rotatable bonds is 2. The van der Waals surface area contributed by atoms with Crippen LogP contribution in [-0.2, 0) is 4.79 Å². The summed E-state index contributed by atoms with van der Waals surface area (Å²) < 4.78 is 6.39. The molecule has 0 radical (unpaired) electrons. The number of hydrogen-bond acceptors (Lipinski definition) is 3. The van der Waals surface area contributed by atoms with E-state index in [2.05, 4.69) is 29.6 Å². The molecule has 0 amide bonds. The summed E-state index contributed by atoms with van der Waals surface area (Å²) in [6.07, 6.45) is 2.35. The monoisotopic (exact) mass is 425 g/mol. The summed E-state index contributed by atoms with van der Waals surface area (Å²) in [4.78, 5) is 13.1. The molecular weight excluding hydrogens is 406 g/mol. The second kappa shape index (κ2) is 7.14. The van der Waals surface area contributed by atoms with Crippen molar-refractivity contribution in [2.45, 2.75) is 25.2 Å². The molecule has 152 valence electrons. The van der Waals surface area contributed by atoms with E-state index in [1.807, 2.05) is 48.5 Å². The van der Waals surface area contributed by atoms with E-state index in [1.54, 1.807) is 0 Å². The highest BCUT2D eigenvalue weighted by molar-refractivity contribution is 6.30. The molecule has 6 rings (SSSR count). The fourth-order valence-corrected chi connectivity index (χ4v) is 5.04. The maximum atomic E-state index is 13.1. The minimum atomic E-state index is -0.216. The van der Waals surface area contributed by atoms with Crippen molar-refractivity contribution in [1.29, 1.82) is 0 Å². The molecule has 3 aromatic carbocycles. The second-order valence-corrected chi connectivity index (χ2v) is 8.62. The van der Waals surface area contributed by atoms with Crippen LogP contribution in [0.15, 0.2) is 88.5 Å². The van der Waals surface area contributed by atoms with E-state index in [0.29, 0.717) is 11.4 Å². The van der Waals surface area contributed by atoms with E-state index in [0.717, 1.165) is 63.2 Å². The summed E-state index contributed by atoms with van der Waals surface area (Å²) in [5.41, 5.74) is 5.03. The standard InChI is InChI=1S/C27H20ClNO2/c28-18-11-8-17(9-12-18)23-14-15-24(31-23)27-25-19-5-2-1-4-16(19)10-13-21(25)29-20-6-3-7-22(30)26(20)27/h1-2,4-5,8-15,27,29H,3,6-7H2. The van der Waals surface area contributed by atoms with Crippen LogP contribution in [0, 0.1) is 0 Å². The molecule has 4 aromatic rings. The Morgan fingerprint density at radius 1 is 0.903 bits per heavy atom. The number of allylic oxidation sites excluding steroid dienone is 2. The van der Waals surface area contributed by atoms with Gasteiger partial charge in [0.15, 0.2) is 5.78 Å². The zero-order valence-corrected chi connectivity index (χ0v) is 17.6. The van der Waals surface area contributed by atoms with Crippen LogP contribution in [-0.4, -0.2) is 5.78 Å². The lowest BCUT2D eigenvalue weighted by atomic mass is 9.76. The molecular formula is C27H20ClNO2. The molecule has 31 heavy (non-hydrogen) atoms. The molecule has 0 saturated heterocycles. The van der Waals surface area contributed by atoms with Gasteiger partial charge in [-0.15, -0.1) is 0 Å². The van der Waals surface area contributed by atoms with Crippen LogP contribution < -0.4 is 5.32 Å². The minimum Gasteiger partial charge on any atom is -0.460 e. The Labute approximate surface area is 185 Å². The molecule has 1 unspecified atom stereocenters. The van der Waals surface area contributed by atoms with Gasteiger partial charge in [-0.05, 0) is 71.6 Å². The fourth-order valence-electron chi connectivity index (χ4n) is 4.91. The van der Waals surface area contributed by atoms with Crippen molar-refractivity contribution in [3.63, 3.8) is 0 Å². The zero-order valence-electron chi connectivity index (χ0n) is 16.8. The average molecular weight is 426 g/mol. The molecule has 0 bridgehead atoms. The Hall–Kier alpha value is -3.30. The van der Waals surface area contributed by atoms with Crippen LogP contribution in [0.25, 0.3) is 22.1 Å². The van der Waals surface area contributed by atoms with Gasteiger partial charge in [-0.2, -0.15) is 0 Å². The zero-order chi connectivity index (χ0) is 20.9. The van der Waals surface area contributed by atoms with E-state index in [1.165, 1.54) is 0 Å². The lowest BCUT2D eigenvalue weighted by Crippen LogP contribution is -2.26. The predicted octanol–water partition coefficient (Wildman–Crippen LogP) is 7.32. The fraction of sp³-hybridized carbons (Fsp3) is 0.148. The molecule has 1 aliphatic carbocycles. The molecule has 1 atom stereocenters. The molecule has 3 nitrogen and oxygen atoms in total. The Morgan fingerprint density at radius 2 is 1.74 bits per heavy atom. The largest absolute Gasteiger partial charge is 0.460 e. The molecule has 4 heteroatoms. The number of furan rings is 1. The normalized spacial score (nSPS) is 18.0. The van der Waals surface area contributed by atoms with Crippen LogP contribution in [0.3, 0.4) is 0 Å². The van der Waals surface area contributed by atoms with Crippen LogP contribution in [0.2, 0.25) is 5.02 Å². The third-order valence-electron chi connectivity index (χ3n) is 6.33. The van der Waals surface area contributed by atoms with Crippen LogP contribution in [0.5, 0.6) is 0 Å². The molecule has 1 aliphatic heterocycles. The van der Waals surface area contributed by atoms with Crippen LogP contribution >= 0.6 is 11.6 Å². The number of benzene rings is 3. The number of carbonyl (C=O) groups is 1. The van der Waals surface area contributed by atoms with Crippen molar-refractivity contribution in [3.05, 3.63) is 100 Å². The van der Waals surface area contributed by atoms with Crippen molar-refractivity contribution < 1.29 is 9.21 Å². The topological polar surface area (TPSA) is 42.2 Å². The Balaban J connectivity index is 1.57. The van der Waals surface area contributed by atoms with Crippen LogP contribution in [0.4, 0.5) is 5.69 Å². The van der Waals surface area contributed by atoms with Crippen LogP contribution in [0.1, 0.15) is 36.5 Å². The molecule has 0 fully saturated rings. The summed E-state index contributed by atoms with van der Waals surface area (Å²) in [7, 11) is 0. The third-order valence-corrected chi connectivity index (χ3v) is 6.58. The first-order valence-electron chi connectivity index (χ1n) is 10.6. The maximum absolute atomic E-state index is 13.1. The van der Waals surface area contributed by atoms with E-state index < -0.39 is 0 Å². The number of halogens is 1. The first-order valence-corrected chi connectivity index (χ1v) is 11.0. The smallest absolute Gasteiger partial charge is 0.161 e. The van der Waals surface area contributed by atoms with Gasteiger partial charge in [0.05, 0.1) is 5.92 Å². The number of fused-ring (bicyclic) bond motifs is 3. The molecule has 0 saturated carbocycles. The average Bonchev–Trinajstić information content (AvgIpc) is 3.28. The SMILES string of the molecule is O=C1CCCC2=C1C(c1ccc(-c3ccc(Cl)cc3)o1)c1c(ccc3ccccc13)N2. The first kappa shape index (κ1) is 18.5. The second-order valence-electron chi connectivity index (χ2n) is 8.18. The van der Waals surface area contributed by atoms with Gasteiger partial charge in [0.2, 0.25) is 0 Å². The predicted molar refractivity (Wildman–Crippen MR) is 124 cm³/mol. The van der Waals surface area contributed by atoms with Gasteiger partial charge in [-0.25, -0.2) is 0 Å². The van der Waals surface area contributed by atoms with Gasteiger partial charge in [-0.1, -0.05) is 41.9 Å². The summed E-state index contributed by atoms with van der Waals surface area (Å²) in [5.74, 6) is 1.57. The molecule has 2 aliphatic rings. The van der Waals surface area contributed by atoms with E-state index in [9.17, 15) is 4.79 Å². The minimum absolute atomic E-state index is 0.210. The van der Waals surface area contributed by atoms with Crippen molar-refractivity contribution in [3.8, 4) is 11.3 Å². The third kappa shape index (κ3) is 3.00. The van der Waals surface area contributed by atoms with E-state index >= 15 is 0 Å². The molecule has 1 N–H and O–H groups in total. The highest BCUT2D eigenvalue weighted by atomic mass is 35.5. The van der Waals surface area contributed by atoms with Crippen molar-refractivity contribution in [1.82, 2.24) is 0 Å². The van der Waals surface area contributed by atoms with Gasteiger partial charge in [0.25, 0.3) is 0 Å². The van der Waals surface area contributed by atoms with Gasteiger partial charge in [-0.3, -0.25) is 4.79 Å². The Kier molecular flexibility index (Phi) is 4.25. The van der Waals surface area contributed by atoms with Gasteiger partial charge >= 0.3 is 0 Å². The maximum Gasteiger partial charge on any atom is 0.161 e. The quantitative estimate of drug-likeness (QED) is 0.366. The van der Waals surface area contributed by atoms with Gasteiger partial charge in [0.1, 0.15) is 11.5 Å². The van der Waals surface area contributed by atoms with E-state index in [4.69, 9.17) is 16.0 Å². The molecule has 0 spiro atoms. The highest BCUT2D eigenvalue weighted by Crippen LogP contribution is 2.48. The Morgan fingerprint density at radius 3 is 2.61 bits per heavy atom. The summed E-state index contributed by atoms with van der Waals surface area (Å²) in [6, 6.07) is 24.2. The summed E-state index contributed by atoms with van der Waals surface area (Å²) >= 11 is 6.05. The number of carbonyl (C=O) groups excluding carboxylic acids is 1. The number of anilines is 1. The van der Waals surface area contributed by atoms with Gasteiger partial charge < -0.3 is 9.73 Å². The number of Topliss-reactive ketones (excluding diaryl/α,β-unsaturated/α-hetero) is 1. The number of hydrogen-bond donors (Lipinski definition) is 1. The number of ketones is 1. The highest BCUT2D eigenvalue weighted by Gasteiger charge is 2.37. The van der Waals surface area contributed by atoms with Crippen molar-refractivity contribution in [2.24, 2.45) is 0 Å².